The summed E-state index contributed by atoms with van der Waals surface area (Å²) in [6.07, 6.45) is 0. The molecule has 27 heavy (non-hydrogen) atoms. The largest absolute Gasteiger partial charge is 0.493 e. The van der Waals surface area contributed by atoms with Crippen LogP contribution in [0.2, 0.25) is 0 Å². The number of fused-ring (bicyclic) bond motifs is 2. The summed E-state index contributed by atoms with van der Waals surface area (Å²) in [6, 6.07) is 24.0. The number of hydrogen-bond donors (Lipinski definition) is 1. The van der Waals surface area contributed by atoms with E-state index in [9.17, 15) is 8.42 Å². The second-order valence-corrected chi connectivity index (χ2v) is 7.82. The van der Waals surface area contributed by atoms with Gasteiger partial charge < -0.3 is 4.74 Å². The molecule has 0 aliphatic rings. The maximum absolute atomic E-state index is 13.2. The summed E-state index contributed by atoms with van der Waals surface area (Å²) in [6.45, 7) is 2.42. The quantitative estimate of drug-likeness (QED) is 0.520. The Labute approximate surface area is 158 Å². The predicted octanol–water partition coefficient (Wildman–Crippen LogP) is 5.19. The molecule has 0 bridgehead atoms. The van der Waals surface area contributed by atoms with E-state index in [-0.39, 0.29) is 4.90 Å². The van der Waals surface area contributed by atoms with Crippen LogP contribution < -0.4 is 9.46 Å². The van der Waals surface area contributed by atoms with Crippen LogP contribution in [0.25, 0.3) is 21.5 Å². The third-order valence-electron chi connectivity index (χ3n) is 4.47. The summed E-state index contributed by atoms with van der Waals surface area (Å²) >= 11 is 0. The zero-order valence-corrected chi connectivity index (χ0v) is 15.7. The molecule has 0 saturated carbocycles. The maximum atomic E-state index is 13.2. The first-order chi connectivity index (χ1) is 13.1. The highest BCUT2D eigenvalue weighted by Crippen LogP contribution is 2.33. The Morgan fingerprint density at radius 3 is 2.22 bits per heavy atom. The Morgan fingerprint density at radius 1 is 0.778 bits per heavy atom. The van der Waals surface area contributed by atoms with Gasteiger partial charge in [0.05, 0.1) is 17.2 Å². The minimum absolute atomic E-state index is 0.231. The van der Waals surface area contributed by atoms with Gasteiger partial charge in [-0.2, -0.15) is 0 Å². The number of benzene rings is 4. The second kappa shape index (κ2) is 6.93. The normalized spacial score (nSPS) is 11.6. The van der Waals surface area contributed by atoms with Crippen molar-refractivity contribution < 1.29 is 13.2 Å². The van der Waals surface area contributed by atoms with Gasteiger partial charge in [-0.3, -0.25) is 4.72 Å². The number of ether oxygens (including phenoxy) is 1. The van der Waals surface area contributed by atoms with Gasteiger partial charge in [0.15, 0.2) is 0 Å². The van der Waals surface area contributed by atoms with Crippen molar-refractivity contribution in [3.63, 3.8) is 0 Å². The van der Waals surface area contributed by atoms with Crippen LogP contribution in [0.3, 0.4) is 0 Å². The molecule has 4 rings (SSSR count). The van der Waals surface area contributed by atoms with Crippen molar-refractivity contribution in [3.8, 4) is 5.75 Å². The van der Waals surface area contributed by atoms with E-state index in [1.54, 1.807) is 24.3 Å². The fraction of sp³-hybridized carbons (Fsp3) is 0.0909. The first kappa shape index (κ1) is 17.4. The topological polar surface area (TPSA) is 55.4 Å². The van der Waals surface area contributed by atoms with Crippen molar-refractivity contribution >= 4 is 37.3 Å². The molecule has 0 aliphatic heterocycles. The van der Waals surface area contributed by atoms with Gasteiger partial charge in [-0.25, -0.2) is 8.42 Å². The minimum atomic E-state index is -3.77. The van der Waals surface area contributed by atoms with Crippen molar-refractivity contribution in [1.29, 1.82) is 0 Å². The van der Waals surface area contributed by atoms with Crippen molar-refractivity contribution in [2.24, 2.45) is 0 Å². The number of anilines is 1. The molecule has 0 aromatic heterocycles. The van der Waals surface area contributed by atoms with Crippen molar-refractivity contribution in [1.82, 2.24) is 0 Å². The maximum Gasteiger partial charge on any atom is 0.262 e. The first-order valence-corrected chi connectivity index (χ1v) is 10.2. The molecule has 0 aliphatic carbocycles. The summed E-state index contributed by atoms with van der Waals surface area (Å²) in [4.78, 5) is 0.231. The number of sulfonamides is 1. The lowest BCUT2D eigenvalue weighted by atomic mass is 10.1. The zero-order chi connectivity index (χ0) is 18.9. The Hall–Kier alpha value is -3.05. The Bertz CT molecular complexity index is 1230. The van der Waals surface area contributed by atoms with Crippen LogP contribution in [0.15, 0.2) is 83.8 Å². The smallest absolute Gasteiger partial charge is 0.262 e. The van der Waals surface area contributed by atoms with Gasteiger partial charge in [0.25, 0.3) is 10.0 Å². The monoisotopic (exact) mass is 377 g/mol. The Kier molecular flexibility index (Phi) is 4.46. The van der Waals surface area contributed by atoms with Crippen LogP contribution in [-0.2, 0) is 10.0 Å². The molecule has 0 fully saturated rings. The third kappa shape index (κ3) is 3.22. The van der Waals surface area contributed by atoms with Crippen molar-refractivity contribution in [2.75, 3.05) is 11.3 Å². The molecule has 0 heterocycles. The van der Waals surface area contributed by atoms with Crippen LogP contribution in [0.4, 0.5) is 5.69 Å². The molecule has 0 atom stereocenters. The van der Waals surface area contributed by atoms with Crippen LogP contribution in [0.5, 0.6) is 5.75 Å². The van der Waals surface area contributed by atoms with E-state index in [2.05, 4.69) is 4.72 Å². The number of nitrogens with one attached hydrogen (secondary N) is 1. The van der Waals surface area contributed by atoms with Crippen LogP contribution in [0.1, 0.15) is 6.92 Å². The van der Waals surface area contributed by atoms with E-state index >= 15 is 0 Å². The summed E-state index contributed by atoms with van der Waals surface area (Å²) in [5.41, 5.74) is 0.561. The molecule has 1 N–H and O–H groups in total. The Morgan fingerprint density at radius 2 is 1.44 bits per heavy atom. The highest BCUT2D eigenvalue weighted by molar-refractivity contribution is 7.93. The van der Waals surface area contributed by atoms with Crippen LogP contribution in [-0.4, -0.2) is 15.0 Å². The molecule has 4 aromatic rings. The molecule has 4 nitrogen and oxygen atoms in total. The highest BCUT2D eigenvalue weighted by atomic mass is 32.2. The molecule has 0 saturated heterocycles. The SMILES string of the molecule is CCOc1ccc(S(=O)(=O)Nc2cccc3ccccc23)c2ccccc12. The number of hydrogen-bond acceptors (Lipinski definition) is 3. The second-order valence-electron chi connectivity index (χ2n) is 6.17. The first-order valence-electron chi connectivity index (χ1n) is 8.75. The molecule has 4 aromatic carbocycles. The van der Waals surface area contributed by atoms with E-state index < -0.39 is 10.0 Å². The molecule has 0 amide bonds. The third-order valence-corrected chi connectivity index (χ3v) is 5.89. The Balaban J connectivity index is 1.84. The number of rotatable bonds is 5. The average Bonchev–Trinajstić information content (AvgIpc) is 2.68. The van der Waals surface area contributed by atoms with E-state index in [0.717, 1.165) is 16.2 Å². The molecule has 0 unspecified atom stereocenters. The lowest BCUT2D eigenvalue weighted by molar-refractivity contribution is 0.344. The van der Waals surface area contributed by atoms with E-state index in [1.165, 1.54) is 0 Å². The van der Waals surface area contributed by atoms with E-state index in [1.807, 2.05) is 61.5 Å². The van der Waals surface area contributed by atoms with Gasteiger partial charge in [-0.1, -0.05) is 60.7 Å². The molecular formula is C22H19NO3S. The highest BCUT2D eigenvalue weighted by Gasteiger charge is 2.20. The summed E-state index contributed by atoms with van der Waals surface area (Å²) in [5, 5.41) is 3.25. The predicted molar refractivity (Wildman–Crippen MR) is 110 cm³/mol. The average molecular weight is 377 g/mol. The van der Waals surface area contributed by atoms with Crippen molar-refractivity contribution in [2.45, 2.75) is 11.8 Å². The van der Waals surface area contributed by atoms with Gasteiger partial charge >= 0.3 is 0 Å². The van der Waals surface area contributed by atoms with Gasteiger partial charge in [0.1, 0.15) is 5.75 Å². The molecule has 0 radical (unpaired) electrons. The molecule has 136 valence electrons. The lowest BCUT2D eigenvalue weighted by Crippen LogP contribution is -2.14. The van der Waals surface area contributed by atoms with Gasteiger partial charge in [0.2, 0.25) is 0 Å². The van der Waals surface area contributed by atoms with Crippen LogP contribution >= 0.6 is 0 Å². The fourth-order valence-corrected chi connectivity index (χ4v) is 4.57. The summed E-state index contributed by atoms with van der Waals surface area (Å²) < 4.78 is 34.8. The van der Waals surface area contributed by atoms with Gasteiger partial charge in [0, 0.05) is 16.2 Å². The fourth-order valence-electron chi connectivity index (χ4n) is 3.27. The van der Waals surface area contributed by atoms with Crippen molar-refractivity contribution in [3.05, 3.63) is 78.9 Å². The summed E-state index contributed by atoms with van der Waals surface area (Å²) in [7, 11) is -3.77. The molecular weight excluding hydrogens is 358 g/mol. The standard InChI is InChI=1S/C22H19NO3S/c1-2-26-21-14-15-22(19-12-6-5-11-18(19)21)27(24,25)23-20-13-7-9-16-8-3-4-10-17(16)20/h3-15,23H,2H2,1H3. The summed E-state index contributed by atoms with van der Waals surface area (Å²) in [5.74, 6) is 0.678. The van der Waals surface area contributed by atoms with Gasteiger partial charge in [-0.05, 0) is 30.5 Å². The zero-order valence-electron chi connectivity index (χ0n) is 14.8. The minimum Gasteiger partial charge on any atom is -0.493 e. The lowest BCUT2D eigenvalue weighted by Gasteiger charge is -2.14. The van der Waals surface area contributed by atoms with E-state index in [4.69, 9.17) is 4.74 Å². The molecule has 5 heteroatoms. The van der Waals surface area contributed by atoms with Gasteiger partial charge in [-0.15, -0.1) is 0 Å². The van der Waals surface area contributed by atoms with Crippen LogP contribution in [0, 0.1) is 0 Å². The molecule has 0 spiro atoms. The van der Waals surface area contributed by atoms with E-state index in [0.29, 0.717) is 23.4 Å².